The molecular formula is C8H15MgNO9. The summed E-state index contributed by atoms with van der Waals surface area (Å²) in [6.45, 7) is -1.25. The van der Waals surface area contributed by atoms with Crippen LogP contribution in [0.2, 0.25) is 0 Å². The monoisotopic (exact) mass is 293 g/mol. The van der Waals surface area contributed by atoms with Gasteiger partial charge >= 0.3 is 23.1 Å². The average molecular weight is 294 g/mol. The van der Waals surface area contributed by atoms with Gasteiger partial charge in [0.25, 0.3) is 0 Å². The first-order chi connectivity index (χ1) is 8.18. The summed E-state index contributed by atoms with van der Waals surface area (Å²) in [4.78, 5) is 19.1. The molecule has 11 heteroatoms. The van der Waals surface area contributed by atoms with E-state index in [2.05, 4.69) is 5.73 Å². The van der Waals surface area contributed by atoms with Gasteiger partial charge in [-0.1, -0.05) is 0 Å². The Hall–Kier alpha value is -0.534. The molecule has 0 amide bonds. The van der Waals surface area contributed by atoms with Crippen LogP contribution in [0.1, 0.15) is 0 Å². The summed E-state index contributed by atoms with van der Waals surface area (Å²) in [7, 11) is 0. The van der Waals surface area contributed by atoms with Crippen molar-refractivity contribution in [3.8, 4) is 0 Å². The number of carbonyl (C=O) groups is 2. The van der Waals surface area contributed by atoms with Gasteiger partial charge in [0.1, 0.15) is 24.4 Å². The van der Waals surface area contributed by atoms with E-state index in [1.165, 1.54) is 0 Å². The maximum Gasteiger partial charge on any atom is 2.00 e. The van der Waals surface area contributed by atoms with Crippen molar-refractivity contribution in [2.45, 2.75) is 24.4 Å². The van der Waals surface area contributed by atoms with Gasteiger partial charge in [-0.15, -0.1) is 0 Å². The number of aliphatic hydroxyl groups is 5. The van der Waals surface area contributed by atoms with Gasteiger partial charge in [0.05, 0.1) is 18.5 Å². The van der Waals surface area contributed by atoms with Crippen LogP contribution in [-0.2, 0) is 9.59 Å². The van der Waals surface area contributed by atoms with Crippen molar-refractivity contribution in [1.29, 1.82) is 0 Å². The third-order valence-electron chi connectivity index (χ3n) is 1.66. The minimum atomic E-state index is -2.31. The van der Waals surface area contributed by atoms with Crippen LogP contribution < -0.4 is 15.9 Å². The molecule has 0 aromatic rings. The summed E-state index contributed by atoms with van der Waals surface area (Å²) in [5.74, 6) is -3.19. The molecule has 108 valence electrons. The first-order valence-corrected chi connectivity index (χ1v) is 4.62. The summed E-state index contributed by atoms with van der Waals surface area (Å²) in [5, 5.41) is 62.6. The molecule has 0 aliphatic heterocycles. The number of rotatable bonds is 6. The van der Waals surface area contributed by atoms with Crippen LogP contribution >= 0.6 is 0 Å². The van der Waals surface area contributed by atoms with Crippen LogP contribution in [0.4, 0.5) is 0 Å². The fourth-order valence-electron chi connectivity index (χ4n) is 0.662. The number of carboxylic acids is 2. The SMILES string of the molecule is NCC(=O)[O-].O=C([O-])[C@H](O)[C@@H](O)[C@H](O)[C@H](O)CO.[Mg+2]. The van der Waals surface area contributed by atoms with E-state index in [0.29, 0.717) is 0 Å². The molecule has 0 unspecified atom stereocenters. The Morgan fingerprint density at radius 1 is 1.05 bits per heavy atom. The predicted octanol–water partition coefficient (Wildman–Crippen LogP) is -7.51. The standard InChI is InChI=1S/C6H12O7.C2H5NO2.Mg/c7-1-2(8)3(9)4(10)5(11)6(12)13;3-1-2(4)5;/h2-5,7-11H,1H2,(H,12,13);1,3H2,(H,4,5);/q;;+2/p-2/t2-,3-,4+,5-;;/m1../s1. The normalized spacial score (nSPS) is 15.9. The third-order valence-corrected chi connectivity index (χ3v) is 1.66. The number of aliphatic carboxylic acids is 2. The predicted molar refractivity (Wildman–Crippen MR) is 55.9 cm³/mol. The van der Waals surface area contributed by atoms with E-state index in [1.54, 1.807) is 0 Å². The molecule has 0 aromatic carbocycles. The molecular weight excluding hydrogens is 278 g/mol. The van der Waals surface area contributed by atoms with E-state index >= 15 is 0 Å². The summed E-state index contributed by atoms with van der Waals surface area (Å²) < 4.78 is 0. The van der Waals surface area contributed by atoms with Crippen molar-refractivity contribution in [3.05, 3.63) is 0 Å². The van der Waals surface area contributed by atoms with Gasteiger partial charge in [0.15, 0.2) is 0 Å². The second kappa shape index (κ2) is 12.5. The second-order valence-electron chi connectivity index (χ2n) is 3.07. The first-order valence-electron chi connectivity index (χ1n) is 4.62. The molecule has 0 radical (unpaired) electrons. The number of nitrogens with two attached hydrogens (primary N) is 1. The van der Waals surface area contributed by atoms with Crippen LogP contribution in [0.5, 0.6) is 0 Å². The fourth-order valence-corrected chi connectivity index (χ4v) is 0.662. The third kappa shape index (κ3) is 11.0. The quantitative estimate of drug-likeness (QED) is 0.255. The van der Waals surface area contributed by atoms with Gasteiger partial charge in [0.2, 0.25) is 0 Å². The molecule has 0 fully saturated rings. The number of carboxylic acid groups (broad SMARTS) is 2. The van der Waals surface area contributed by atoms with Crippen molar-refractivity contribution < 1.29 is 45.3 Å². The smallest absolute Gasteiger partial charge is 0.549 e. The molecule has 10 nitrogen and oxygen atoms in total. The Morgan fingerprint density at radius 3 is 1.63 bits per heavy atom. The number of aliphatic hydroxyl groups excluding tert-OH is 5. The minimum Gasteiger partial charge on any atom is -0.549 e. The van der Waals surface area contributed by atoms with Crippen molar-refractivity contribution in [2.75, 3.05) is 13.2 Å². The van der Waals surface area contributed by atoms with Gasteiger partial charge < -0.3 is 51.1 Å². The average Bonchev–Trinajstić information content (AvgIpc) is 2.35. The summed E-state index contributed by atoms with van der Waals surface area (Å²) in [5.41, 5.74) is 4.51. The van der Waals surface area contributed by atoms with E-state index in [9.17, 15) is 9.90 Å². The second-order valence-corrected chi connectivity index (χ2v) is 3.07. The van der Waals surface area contributed by atoms with Crippen LogP contribution in [0.3, 0.4) is 0 Å². The molecule has 0 spiro atoms. The summed E-state index contributed by atoms with van der Waals surface area (Å²) in [6, 6.07) is 0. The largest absolute Gasteiger partial charge is 2.00 e. The van der Waals surface area contributed by atoms with Crippen LogP contribution in [0.15, 0.2) is 0 Å². The topological polar surface area (TPSA) is 207 Å². The zero-order valence-corrected chi connectivity index (χ0v) is 11.3. The van der Waals surface area contributed by atoms with Gasteiger partial charge in [-0.2, -0.15) is 0 Å². The molecule has 0 heterocycles. The Bertz CT molecular complexity index is 265. The molecule has 0 aliphatic rings. The van der Waals surface area contributed by atoms with Crippen molar-refractivity contribution in [3.63, 3.8) is 0 Å². The van der Waals surface area contributed by atoms with Crippen LogP contribution in [0.25, 0.3) is 0 Å². The number of hydrogen-bond donors (Lipinski definition) is 6. The van der Waals surface area contributed by atoms with E-state index in [-0.39, 0.29) is 29.6 Å². The Morgan fingerprint density at radius 2 is 1.42 bits per heavy atom. The number of carbonyl (C=O) groups excluding carboxylic acids is 2. The Kier molecular flexibility index (Phi) is 15.5. The zero-order chi connectivity index (χ0) is 14.9. The molecule has 19 heavy (non-hydrogen) atoms. The molecule has 7 N–H and O–H groups in total. The van der Waals surface area contributed by atoms with Gasteiger partial charge in [-0.3, -0.25) is 0 Å². The Balaban J connectivity index is -0.000000366. The van der Waals surface area contributed by atoms with Gasteiger partial charge in [-0.25, -0.2) is 0 Å². The maximum absolute atomic E-state index is 9.98. The molecule has 0 aliphatic carbocycles. The van der Waals surface area contributed by atoms with E-state index in [1.807, 2.05) is 0 Å². The Labute approximate surface area is 124 Å². The molecule has 0 bridgehead atoms. The van der Waals surface area contributed by atoms with Gasteiger partial charge in [-0.05, 0) is 0 Å². The van der Waals surface area contributed by atoms with Crippen molar-refractivity contribution in [1.82, 2.24) is 0 Å². The van der Waals surface area contributed by atoms with E-state index in [4.69, 9.17) is 35.4 Å². The maximum atomic E-state index is 9.98. The molecule has 0 saturated carbocycles. The van der Waals surface area contributed by atoms with E-state index < -0.39 is 43.0 Å². The molecule has 0 rings (SSSR count). The minimum absolute atomic E-state index is 0. The fraction of sp³-hybridized carbons (Fsp3) is 0.750. The van der Waals surface area contributed by atoms with E-state index in [0.717, 1.165) is 0 Å². The molecule has 0 aromatic heterocycles. The van der Waals surface area contributed by atoms with Crippen molar-refractivity contribution in [2.24, 2.45) is 5.73 Å². The summed E-state index contributed by atoms with van der Waals surface area (Å²) >= 11 is 0. The number of hydrogen-bond acceptors (Lipinski definition) is 10. The summed E-state index contributed by atoms with van der Waals surface area (Å²) in [6.07, 6.45) is -8.08. The zero-order valence-electron chi connectivity index (χ0n) is 9.88. The molecule has 0 saturated heterocycles. The van der Waals surface area contributed by atoms with Crippen molar-refractivity contribution >= 4 is 35.0 Å². The first kappa shape index (κ1) is 23.6. The molecule has 4 atom stereocenters. The van der Waals surface area contributed by atoms with Gasteiger partial charge in [0, 0.05) is 6.54 Å². The van der Waals surface area contributed by atoms with Crippen LogP contribution in [-0.4, -0.2) is 98.1 Å². The van der Waals surface area contributed by atoms with Crippen LogP contribution in [0, 0.1) is 0 Å².